The molecule has 1 aromatic rings. The van der Waals surface area contributed by atoms with Gasteiger partial charge in [-0.25, -0.2) is 4.98 Å². The second kappa shape index (κ2) is 6.43. The lowest BCUT2D eigenvalue weighted by atomic mass is 9.91. The monoisotopic (exact) mass is 288 g/mol. The minimum atomic E-state index is 0.183. The predicted octanol–water partition coefficient (Wildman–Crippen LogP) is 1.61. The number of piperidine rings is 1. The topological polar surface area (TPSA) is 57.3 Å². The molecule has 1 amide bonds. The number of rotatable bonds is 5. The smallest absolute Gasteiger partial charge is 0.224 e. The first-order chi connectivity index (χ1) is 10.3. The molecule has 2 unspecified atom stereocenters. The second-order valence-corrected chi connectivity index (χ2v) is 5.97. The van der Waals surface area contributed by atoms with Crippen LogP contribution in [-0.4, -0.2) is 41.5 Å². The van der Waals surface area contributed by atoms with Gasteiger partial charge in [0.25, 0.3) is 0 Å². The molecule has 0 aliphatic carbocycles. The van der Waals surface area contributed by atoms with E-state index in [4.69, 9.17) is 0 Å². The van der Waals surface area contributed by atoms with Crippen molar-refractivity contribution >= 4 is 11.7 Å². The van der Waals surface area contributed by atoms with Gasteiger partial charge in [-0.1, -0.05) is 13.0 Å². The van der Waals surface area contributed by atoms with Crippen LogP contribution in [0.5, 0.6) is 0 Å². The standard InChI is InChI=1S/C16H24N4O/c1-2-7-17-15-12(5-3-8-18-15)11-20-9-4-6-13-14(20)10-19-16(13)21/h3,5,8,13-14H,2,4,6-7,9-11H2,1H3,(H,17,18)(H,19,21). The number of nitrogens with one attached hydrogen (secondary N) is 2. The molecule has 2 N–H and O–H groups in total. The fraction of sp³-hybridized carbons (Fsp3) is 0.625. The summed E-state index contributed by atoms with van der Waals surface area (Å²) in [5, 5.41) is 6.41. The quantitative estimate of drug-likeness (QED) is 0.864. The van der Waals surface area contributed by atoms with Crippen LogP contribution in [0.15, 0.2) is 18.3 Å². The summed E-state index contributed by atoms with van der Waals surface area (Å²) in [6.45, 7) is 5.83. The van der Waals surface area contributed by atoms with Gasteiger partial charge in [0.05, 0.1) is 5.92 Å². The minimum absolute atomic E-state index is 0.183. The molecule has 114 valence electrons. The molecule has 2 fully saturated rings. The summed E-state index contributed by atoms with van der Waals surface area (Å²) in [5.41, 5.74) is 1.23. The molecule has 5 nitrogen and oxygen atoms in total. The molecule has 2 aliphatic heterocycles. The number of anilines is 1. The molecule has 5 heteroatoms. The number of amides is 1. The Balaban J connectivity index is 1.72. The molecular formula is C16H24N4O. The number of hydrogen-bond donors (Lipinski definition) is 2. The summed E-state index contributed by atoms with van der Waals surface area (Å²) in [7, 11) is 0. The molecule has 3 rings (SSSR count). The Morgan fingerprint density at radius 3 is 3.29 bits per heavy atom. The number of aromatic nitrogens is 1. The summed E-state index contributed by atoms with van der Waals surface area (Å²) in [6.07, 6.45) is 5.05. The number of carbonyl (C=O) groups excluding carboxylic acids is 1. The summed E-state index contributed by atoms with van der Waals surface area (Å²) in [4.78, 5) is 18.8. The molecule has 2 atom stereocenters. The van der Waals surface area contributed by atoms with Crippen molar-refractivity contribution in [1.29, 1.82) is 0 Å². The molecule has 2 aliphatic rings. The number of pyridine rings is 1. The van der Waals surface area contributed by atoms with E-state index in [1.165, 1.54) is 5.56 Å². The minimum Gasteiger partial charge on any atom is -0.370 e. The normalized spacial score (nSPS) is 25.5. The molecule has 0 radical (unpaired) electrons. The maximum absolute atomic E-state index is 11.9. The van der Waals surface area contributed by atoms with Crippen molar-refractivity contribution in [2.75, 3.05) is 25.0 Å². The van der Waals surface area contributed by atoms with Crippen LogP contribution < -0.4 is 10.6 Å². The van der Waals surface area contributed by atoms with Crippen LogP contribution in [0.25, 0.3) is 0 Å². The van der Waals surface area contributed by atoms with E-state index < -0.39 is 0 Å². The third-order valence-electron chi connectivity index (χ3n) is 4.52. The van der Waals surface area contributed by atoms with Crippen molar-refractivity contribution in [1.82, 2.24) is 15.2 Å². The molecule has 0 spiro atoms. The van der Waals surface area contributed by atoms with E-state index >= 15 is 0 Å². The zero-order chi connectivity index (χ0) is 14.7. The summed E-state index contributed by atoms with van der Waals surface area (Å²) in [5.74, 6) is 1.40. The van der Waals surface area contributed by atoms with E-state index in [1.807, 2.05) is 12.3 Å². The number of likely N-dealkylation sites (tertiary alicyclic amines) is 1. The van der Waals surface area contributed by atoms with Crippen molar-refractivity contribution in [3.8, 4) is 0 Å². The van der Waals surface area contributed by atoms with E-state index in [-0.39, 0.29) is 11.8 Å². The zero-order valence-electron chi connectivity index (χ0n) is 12.6. The Morgan fingerprint density at radius 2 is 2.43 bits per heavy atom. The molecule has 0 bridgehead atoms. The van der Waals surface area contributed by atoms with Gasteiger partial charge in [-0.05, 0) is 31.9 Å². The molecule has 3 heterocycles. The first kappa shape index (κ1) is 14.3. The number of nitrogens with zero attached hydrogens (tertiary/aromatic N) is 2. The fourth-order valence-corrected chi connectivity index (χ4v) is 3.42. The van der Waals surface area contributed by atoms with Crippen LogP contribution in [-0.2, 0) is 11.3 Å². The highest BCUT2D eigenvalue weighted by Crippen LogP contribution is 2.29. The predicted molar refractivity (Wildman–Crippen MR) is 82.9 cm³/mol. The first-order valence-electron chi connectivity index (χ1n) is 7.99. The van der Waals surface area contributed by atoms with Gasteiger partial charge in [-0.15, -0.1) is 0 Å². The Bertz CT molecular complexity index is 505. The molecule has 1 aromatic heterocycles. The van der Waals surface area contributed by atoms with Crippen LogP contribution in [0.1, 0.15) is 31.7 Å². The fourth-order valence-electron chi connectivity index (χ4n) is 3.42. The van der Waals surface area contributed by atoms with Gasteiger partial charge in [0.2, 0.25) is 5.91 Å². The SMILES string of the molecule is CCCNc1ncccc1CN1CCCC2C(=O)NCC21. The van der Waals surface area contributed by atoms with E-state index in [2.05, 4.69) is 33.5 Å². The Kier molecular flexibility index (Phi) is 4.39. The Morgan fingerprint density at radius 1 is 1.52 bits per heavy atom. The third kappa shape index (κ3) is 3.02. The Labute approximate surface area is 126 Å². The summed E-state index contributed by atoms with van der Waals surface area (Å²) in [6, 6.07) is 4.48. The van der Waals surface area contributed by atoms with E-state index in [1.54, 1.807) is 0 Å². The molecule has 2 saturated heterocycles. The lowest BCUT2D eigenvalue weighted by Crippen LogP contribution is -2.45. The van der Waals surface area contributed by atoms with E-state index in [9.17, 15) is 4.79 Å². The van der Waals surface area contributed by atoms with E-state index in [0.29, 0.717) is 6.04 Å². The van der Waals surface area contributed by atoms with Crippen molar-refractivity contribution in [2.24, 2.45) is 5.92 Å². The van der Waals surface area contributed by atoms with Gasteiger partial charge in [-0.3, -0.25) is 9.69 Å². The summed E-state index contributed by atoms with van der Waals surface area (Å²) < 4.78 is 0. The van der Waals surface area contributed by atoms with Crippen LogP contribution in [0.4, 0.5) is 5.82 Å². The highest BCUT2D eigenvalue weighted by molar-refractivity contribution is 5.82. The average Bonchev–Trinajstić information content (AvgIpc) is 2.89. The van der Waals surface area contributed by atoms with Gasteiger partial charge in [0.15, 0.2) is 0 Å². The van der Waals surface area contributed by atoms with Crippen LogP contribution >= 0.6 is 0 Å². The van der Waals surface area contributed by atoms with Crippen LogP contribution in [0.2, 0.25) is 0 Å². The number of hydrogen-bond acceptors (Lipinski definition) is 4. The second-order valence-electron chi connectivity index (χ2n) is 5.97. The largest absolute Gasteiger partial charge is 0.370 e. The number of carbonyl (C=O) groups is 1. The van der Waals surface area contributed by atoms with Crippen molar-refractivity contribution in [2.45, 2.75) is 38.8 Å². The van der Waals surface area contributed by atoms with Crippen LogP contribution in [0, 0.1) is 5.92 Å². The Hall–Kier alpha value is -1.62. The maximum atomic E-state index is 11.9. The summed E-state index contributed by atoms with van der Waals surface area (Å²) >= 11 is 0. The van der Waals surface area contributed by atoms with Gasteiger partial charge < -0.3 is 10.6 Å². The van der Waals surface area contributed by atoms with Crippen molar-refractivity contribution < 1.29 is 4.79 Å². The van der Waals surface area contributed by atoms with Crippen LogP contribution in [0.3, 0.4) is 0 Å². The highest BCUT2D eigenvalue weighted by atomic mass is 16.2. The van der Waals surface area contributed by atoms with Gasteiger partial charge in [0, 0.05) is 37.4 Å². The first-order valence-corrected chi connectivity index (χ1v) is 7.99. The number of fused-ring (bicyclic) bond motifs is 1. The lowest BCUT2D eigenvalue weighted by molar-refractivity contribution is -0.124. The molecule has 21 heavy (non-hydrogen) atoms. The highest BCUT2D eigenvalue weighted by Gasteiger charge is 2.40. The van der Waals surface area contributed by atoms with Gasteiger partial charge in [-0.2, -0.15) is 0 Å². The van der Waals surface area contributed by atoms with Crippen molar-refractivity contribution in [3.63, 3.8) is 0 Å². The maximum Gasteiger partial charge on any atom is 0.224 e. The lowest BCUT2D eigenvalue weighted by Gasteiger charge is -2.36. The third-order valence-corrected chi connectivity index (χ3v) is 4.52. The molecule has 0 aromatic carbocycles. The molecular weight excluding hydrogens is 264 g/mol. The zero-order valence-corrected chi connectivity index (χ0v) is 12.6. The van der Waals surface area contributed by atoms with Gasteiger partial charge >= 0.3 is 0 Å². The van der Waals surface area contributed by atoms with Crippen molar-refractivity contribution in [3.05, 3.63) is 23.9 Å². The van der Waals surface area contributed by atoms with E-state index in [0.717, 1.165) is 51.3 Å². The molecule has 0 saturated carbocycles. The van der Waals surface area contributed by atoms with Gasteiger partial charge in [0.1, 0.15) is 5.82 Å². The average molecular weight is 288 g/mol.